The molecule has 1 aromatic heterocycles. The molecule has 4 nitrogen and oxygen atoms in total. The lowest BCUT2D eigenvalue weighted by Gasteiger charge is -2.14. The van der Waals surface area contributed by atoms with E-state index in [1.165, 1.54) is 0 Å². The van der Waals surface area contributed by atoms with Crippen LogP contribution in [0.1, 0.15) is 0 Å². The third kappa shape index (κ3) is 2.11. The highest BCUT2D eigenvalue weighted by molar-refractivity contribution is 9.10. The highest BCUT2D eigenvalue weighted by Gasteiger charge is 2.11. The first kappa shape index (κ1) is 11.6. The zero-order chi connectivity index (χ0) is 11.5. The quantitative estimate of drug-likeness (QED) is 0.809. The fraction of sp³-hybridized carbons (Fsp3) is 0.364. The molecule has 0 unspecified atom stereocenters. The zero-order valence-electron chi connectivity index (χ0n) is 9.18. The van der Waals surface area contributed by atoms with Crippen molar-refractivity contribution < 1.29 is 9.47 Å². The average Bonchev–Trinajstić information content (AvgIpc) is 2.70. The summed E-state index contributed by atoms with van der Waals surface area (Å²) in [6, 6.07) is 6.01. The molecule has 86 valence electrons. The predicted molar refractivity (Wildman–Crippen MR) is 65.2 cm³/mol. The number of methoxy groups -OCH3 is 2. The Kier molecular flexibility index (Phi) is 3.58. The molecule has 0 bridgehead atoms. The highest BCUT2D eigenvalue weighted by atomic mass is 79.9. The summed E-state index contributed by atoms with van der Waals surface area (Å²) in [5, 5.41) is 5.42. The highest BCUT2D eigenvalue weighted by Crippen LogP contribution is 2.23. The van der Waals surface area contributed by atoms with Crippen molar-refractivity contribution in [2.75, 3.05) is 14.2 Å². The van der Waals surface area contributed by atoms with Crippen LogP contribution in [0.2, 0.25) is 0 Å². The van der Waals surface area contributed by atoms with Crippen molar-refractivity contribution >= 4 is 26.8 Å². The smallest absolute Gasteiger partial charge is 0.176 e. The molecule has 16 heavy (non-hydrogen) atoms. The maximum Gasteiger partial charge on any atom is 0.176 e. The molecule has 0 aliphatic heterocycles. The second-order valence-electron chi connectivity index (χ2n) is 3.41. The Morgan fingerprint density at radius 3 is 2.81 bits per heavy atom. The van der Waals surface area contributed by atoms with Gasteiger partial charge in [0, 0.05) is 24.1 Å². The summed E-state index contributed by atoms with van der Waals surface area (Å²) in [6.45, 7) is 0.569. The molecule has 0 radical (unpaired) electrons. The fourth-order valence-electron chi connectivity index (χ4n) is 1.62. The van der Waals surface area contributed by atoms with E-state index in [0.717, 1.165) is 15.4 Å². The molecule has 0 spiro atoms. The normalized spacial score (nSPS) is 11.5. The number of hydrogen-bond acceptors (Lipinski definition) is 3. The van der Waals surface area contributed by atoms with Gasteiger partial charge in [-0.25, -0.2) is 0 Å². The van der Waals surface area contributed by atoms with Gasteiger partial charge in [-0.15, -0.1) is 0 Å². The maximum atomic E-state index is 5.16. The lowest BCUT2D eigenvalue weighted by Crippen LogP contribution is -2.21. The fourth-order valence-corrected chi connectivity index (χ4v) is 2.21. The molecule has 0 fully saturated rings. The summed E-state index contributed by atoms with van der Waals surface area (Å²) in [4.78, 5) is 0. The van der Waals surface area contributed by atoms with Gasteiger partial charge in [0.25, 0.3) is 0 Å². The first-order valence-electron chi connectivity index (χ1n) is 4.92. The van der Waals surface area contributed by atoms with Gasteiger partial charge >= 0.3 is 0 Å². The van der Waals surface area contributed by atoms with Gasteiger partial charge in [-0.3, -0.25) is 4.68 Å². The third-order valence-electron chi connectivity index (χ3n) is 2.46. The van der Waals surface area contributed by atoms with Crippen LogP contribution in [0.5, 0.6) is 0 Å². The molecule has 0 saturated carbocycles. The van der Waals surface area contributed by atoms with E-state index in [1.807, 2.05) is 29.1 Å². The van der Waals surface area contributed by atoms with Gasteiger partial charge in [0.2, 0.25) is 0 Å². The Bertz CT molecular complexity index is 480. The summed E-state index contributed by atoms with van der Waals surface area (Å²) < 4.78 is 13.2. The van der Waals surface area contributed by atoms with Gasteiger partial charge in [-0.1, -0.05) is 12.1 Å². The summed E-state index contributed by atoms with van der Waals surface area (Å²) in [5.41, 5.74) is 1.06. The van der Waals surface area contributed by atoms with Crippen molar-refractivity contribution in [1.29, 1.82) is 0 Å². The molecule has 0 amide bonds. The van der Waals surface area contributed by atoms with Crippen LogP contribution in [-0.2, 0) is 16.0 Å². The zero-order valence-corrected chi connectivity index (χ0v) is 10.8. The molecule has 5 heteroatoms. The summed E-state index contributed by atoms with van der Waals surface area (Å²) in [7, 11) is 3.24. The van der Waals surface area contributed by atoms with Crippen molar-refractivity contribution in [2.45, 2.75) is 12.8 Å². The van der Waals surface area contributed by atoms with Crippen molar-refractivity contribution in [2.24, 2.45) is 0 Å². The van der Waals surface area contributed by atoms with Gasteiger partial charge in [0.15, 0.2) is 6.29 Å². The lowest BCUT2D eigenvalue weighted by atomic mass is 10.2. The number of nitrogens with zero attached hydrogens (tertiary/aromatic N) is 2. The Balaban J connectivity index is 2.37. The lowest BCUT2D eigenvalue weighted by molar-refractivity contribution is -0.111. The van der Waals surface area contributed by atoms with Crippen molar-refractivity contribution in [1.82, 2.24) is 9.78 Å². The van der Waals surface area contributed by atoms with Crippen molar-refractivity contribution in [3.8, 4) is 0 Å². The molecule has 0 atom stereocenters. The van der Waals surface area contributed by atoms with Crippen LogP contribution in [0.15, 0.2) is 28.9 Å². The molecule has 2 rings (SSSR count). The minimum atomic E-state index is -0.282. The number of hydrogen-bond donors (Lipinski definition) is 0. The van der Waals surface area contributed by atoms with Crippen LogP contribution in [-0.4, -0.2) is 30.3 Å². The summed E-state index contributed by atoms with van der Waals surface area (Å²) in [6.07, 6.45) is 1.55. The van der Waals surface area contributed by atoms with E-state index in [4.69, 9.17) is 9.47 Å². The molecule has 0 aliphatic rings. The number of halogens is 1. The van der Waals surface area contributed by atoms with Crippen molar-refractivity contribution in [3.63, 3.8) is 0 Å². The molecular formula is C11H13BrN2O2. The van der Waals surface area contributed by atoms with Crippen LogP contribution in [0, 0.1) is 0 Å². The molecular weight excluding hydrogens is 272 g/mol. The maximum absolute atomic E-state index is 5.16. The number of aromatic nitrogens is 2. The predicted octanol–water partition coefficient (Wildman–Crippen LogP) is 2.42. The van der Waals surface area contributed by atoms with E-state index in [-0.39, 0.29) is 6.29 Å². The second-order valence-corrected chi connectivity index (χ2v) is 4.26. The first-order valence-corrected chi connectivity index (χ1v) is 5.71. The standard InChI is InChI=1S/C11H13BrN2O2/c1-15-10(16-2)7-14-11-8(6-13-14)4-3-5-9(11)12/h3-6,10H,7H2,1-2H3. The van der Waals surface area contributed by atoms with E-state index in [2.05, 4.69) is 21.0 Å². The SMILES string of the molecule is COC(Cn1ncc2cccc(Br)c21)OC. The number of benzene rings is 1. The summed E-state index contributed by atoms with van der Waals surface area (Å²) >= 11 is 3.52. The van der Waals surface area contributed by atoms with E-state index in [9.17, 15) is 0 Å². The van der Waals surface area contributed by atoms with E-state index in [0.29, 0.717) is 6.54 Å². The van der Waals surface area contributed by atoms with Crippen LogP contribution in [0.3, 0.4) is 0 Å². The molecule has 1 heterocycles. The number of para-hydroxylation sites is 1. The number of fused-ring (bicyclic) bond motifs is 1. The molecule has 0 aliphatic carbocycles. The Morgan fingerprint density at radius 1 is 1.38 bits per heavy atom. The first-order chi connectivity index (χ1) is 7.76. The van der Waals surface area contributed by atoms with Gasteiger partial charge in [-0.05, 0) is 22.0 Å². The average molecular weight is 285 g/mol. The van der Waals surface area contributed by atoms with Gasteiger partial charge in [0.05, 0.1) is 18.3 Å². The molecule has 1 aromatic carbocycles. The van der Waals surface area contributed by atoms with Crippen molar-refractivity contribution in [3.05, 3.63) is 28.9 Å². The Hall–Kier alpha value is -0.910. The van der Waals surface area contributed by atoms with E-state index >= 15 is 0 Å². The Labute approximate surface area is 102 Å². The van der Waals surface area contributed by atoms with E-state index < -0.39 is 0 Å². The van der Waals surface area contributed by atoms with Crippen LogP contribution >= 0.6 is 15.9 Å². The third-order valence-corrected chi connectivity index (χ3v) is 3.10. The minimum Gasteiger partial charge on any atom is -0.354 e. The molecule has 0 saturated heterocycles. The van der Waals surface area contributed by atoms with E-state index in [1.54, 1.807) is 14.2 Å². The number of rotatable bonds is 4. The number of ether oxygens (including phenoxy) is 2. The van der Waals surface area contributed by atoms with Crippen LogP contribution in [0.25, 0.3) is 10.9 Å². The van der Waals surface area contributed by atoms with Gasteiger partial charge < -0.3 is 9.47 Å². The Morgan fingerprint density at radius 2 is 2.12 bits per heavy atom. The van der Waals surface area contributed by atoms with Gasteiger partial charge in [0.1, 0.15) is 0 Å². The van der Waals surface area contributed by atoms with Gasteiger partial charge in [-0.2, -0.15) is 5.10 Å². The molecule has 2 aromatic rings. The molecule has 0 N–H and O–H groups in total. The second kappa shape index (κ2) is 4.95. The minimum absolute atomic E-state index is 0.282. The monoisotopic (exact) mass is 284 g/mol. The van der Waals surface area contributed by atoms with Crippen LogP contribution < -0.4 is 0 Å². The largest absolute Gasteiger partial charge is 0.354 e. The summed E-state index contributed by atoms with van der Waals surface area (Å²) in [5.74, 6) is 0. The topological polar surface area (TPSA) is 36.3 Å². The van der Waals surface area contributed by atoms with Crippen LogP contribution in [0.4, 0.5) is 0 Å².